The van der Waals surface area contributed by atoms with Crippen molar-refractivity contribution in [1.82, 2.24) is 14.6 Å². The largest absolute Gasteiger partial charge is 0.349 e. The van der Waals surface area contributed by atoms with Gasteiger partial charge in [-0.15, -0.1) is 11.8 Å². The van der Waals surface area contributed by atoms with Gasteiger partial charge < -0.3 is 5.32 Å². The molecule has 2 aliphatic rings. The third kappa shape index (κ3) is 3.39. The Morgan fingerprint density at radius 3 is 2.57 bits per heavy atom. The molecule has 0 saturated carbocycles. The molecule has 126 valence electrons. The number of piperidine rings is 1. The van der Waals surface area contributed by atoms with Crippen LogP contribution in [0.4, 0.5) is 0 Å². The molecule has 0 spiro atoms. The van der Waals surface area contributed by atoms with Crippen LogP contribution in [-0.4, -0.2) is 54.3 Å². The van der Waals surface area contributed by atoms with Gasteiger partial charge in [0.05, 0.1) is 11.8 Å². The van der Waals surface area contributed by atoms with E-state index in [2.05, 4.69) is 10.3 Å². The van der Waals surface area contributed by atoms with E-state index >= 15 is 0 Å². The fourth-order valence-corrected chi connectivity index (χ4v) is 5.80. The summed E-state index contributed by atoms with van der Waals surface area (Å²) in [5.41, 5.74) is 0.581. The number of nitrogens with zero attached hydrogens (tertiary/aromatic N) is 2. The molecule has 2 aliphatic heterocycles. The summed E-state index contributed by atoms with van der Waals surface area (Å²) >= 11 is 1.44. The molecule has 0 radical (unpaired) electrons. The molecular formula is C15H21N3O3S2. The molecule has 3 atom stereocenters. The zero-order chi connectivity index (χ0) is 16.6. The molecular weight excluding hydrogens is 334 g/mol. The molecule has 6 nitrogen and oxygen atoms in total. The molecule has 1 unspecified atom stereocenters. The lowest BCUT2D eigenvalue weighted by atomic mass is 9.99. The number of amides is 1. The van der Waals surface area contributed by atoms with Crippen LogP contribution in [0.25, 0.3) is 0 Å². The lowest BCUT2D eigenvalue weighted by Gasteiger charge is -2.37. The second kappa shape index (κ2) is 6.41. The minimum Gasteiger partial charge on any atom is -0.349 e. The maximum absolute atomic E-state index is 12.5. The summed E-state index contributed by atoms with van der Waals surface area (Å²) < 4.78 is 25.5. The maximum atomic E-state index is 12.5. The van der Waals surface area contributed by atoms with E-state index in [-0.39, 0.29) is 24.0 Å². The SMILES string of the molecule is CSc1ncccc1C(=O)NC1C[C@H]2CC[C@@H](C1)N2S(C)(=O)=O. The molecule has 1 aromatic heterocycles. The number of rotatable bonds is 4. The van der Waals surface area contributed by atoms with Crippen molar-refractivity contribution in [2.75, 3.05) is 12.5 Å². The first-order valence-electron chi connectivity index (χ1n) is 7.68. The first-order chi connectivity index (χ1) is 10.9. The fourth-order valence-electron chi connectivity index (χ4n) is 3.78. The van der Waals surface area contributed by atoms with E-state index in [0.29, 0.717) is 23.4 Å². The minimum absolute atomic E-state index is 0.0166. The van der Waals surface area contributed by atoms with Crippen LogP contribution in [0.15, 0.2) is 23.4 Å². The number of aromatic nitrogens is 1. The first-order valence-corrected chi connectivity index (χ1v) is 10.8. The highest BCUT2D eigenvalue weighted by molar-refractivity contribution is 7.98. The molecule has 3 heterocycles. The quantitative estimate of drug-likeness (QED) is 0.828. The Morgan fingerprint density at radius 2 is 2.00 bits per heavy atom. The Balaban J connectivity index is 1.70. The van der Waals surface area contributed by atoms with Crippen LogP contribution in [0.3, 0.4) is 0 Å². The van der Waals surface area contributed by atoms with Gasteiger partial charge in [0.1, 0.15) is 5.03 Å². The molecule has 1 N–H and O–H groups in total. The van der Waals surface area contributed by atoms with E-state index in [1.165, 1.54) is 18.0 Å². The van der Waals surface area contributed by atoms with Crippen molar-refractivity contribution in [3.8, 4) is 0 Å². The zero-order valence-electron chi connectivity index (χ0n) is 13.2. The molecule has 1 amide bonds. The highest BCUT2D eigenvalue weighted by atomic mass is 32.2. The third-order valence-corrected chi connectivity index (χ3v) is 6.67. The summed E-state index contributed by atoms with van der Waals surface area (Å²) in [6.07, 6.45) is 7.98. The van der Waals surface area contributed by atoms with Crippen molar-refractivity contribution in [2.24, 2.45) is 0 Å². The average molecular weight is 355 g/mol. The number of pyridine rings is 1. The van der Waals surface area contributed by atoms with Gasteiger partial charge >= 0.3 is 0 Å². The van der Waals surface area contributed by atoms with Gasteiger partial charge in [0.15, 0.2) is 0 Å². The molecule has 2 bridgehead atoms. The normalized spacial score (nSPS) is 27.8. The van der Waals surface area contributed by atoms with Gasteiger partial charge in [0, 0.05) is 24.3 Å². The Hall–Kier alpha value is -1.12. The number of thioether (sulfide) groups is 1. The van der Waals surface area contributed by atoms with Crippen LogP contribution >= 0.6 is 11.8 Å². The number of hydrogen-bond donors (Lipinski definition) is 1. The predicted octanol–water partition coefficient (Wildman–Crippen LogP) is 1.49. The maximum Gasteiger partial charge on any atom is 0.254 e. The van der Waals surface area contributed by atoms with Crippen LogP contribution in [0.5, 0.6) is 0 Å². The topological polar surface area (TPSA) is 79.4 Å². The van der Waals surface area contributed by atoms with Crippen molar-refractivity contribution in [3.63, 3.8) is 0 Å². The molecule has 23 heavy (non-hydrogen) atoms. The number of hydrogen-bond acceptors (Lipinski definition) is 5. The average Bonchev–Trinajstić information content (AvgIpc) is 2.79. The van der Waals surface area contributed by atoms with Crippen LogP contribution in [0.2, 0.25) is 0 Å². The summed E-state index contributed by atoms with van der Waals surface area (Å²) in [7, 11) is -3.17. The van der Waals surface area contributed by atoms with E-state index in [9.17, 15) is 13.2 Å². The van der Waals surface area contributed by atoms with Crippen LogP contribution in [-0.2, 0) is 10.0 Å². The van der Waals surface area contributed by atoms with Gasteiger partial charge in [-0.05, 0) is 44.1 Å². The molecule has 0 aliphatic carbocycles. The number of carbonyl (C=O) groups is 1. The van der Waals surface area contributed by atoms with Crippen molar-refractivity contribution >= 4 is 27.7 Å². The number of sulfonamides is 1. The molecule has 2 saturated heterocycles. The second-order valence-electron chi connectivity index (χ2n) is 6.18. The third-order valence-electron chi connectivity index (χ3n) is 4.59. The lowest BCUT2D eigenvalue weighted by molar-refractivity contribution is 0.0906. The van der Waals surface area contributed by atoms with Crippen molar-refractivity contribution in [1.29, 1.82) is 0 Å². The smallest absolute Gasteiger partial charge is 0.254 e. The summed E-state index contributed by atoms with van der Waals surface area (Å²) in [6.45, 7) is 0. The highest BCUT2D eigenvalue weighted by Crippen LogP contribution is 2.37. The van der Waals surface area contributed by atoms with E-state index in [1.807, 2.05) is 6.26 Å². The Labute approximate surface area is 141 Å². The van der Waals surface area contributed by atoms with Crippen molar-refractivity contribution in [3.05, 3.63) is 23.9 Å². The van der Waals surface area contributed by atoms with E-state index in [4.69, 9.17) is 0 Å². The standard InChI is InChI=1S/C15H21N3O3S2/c1-22-15-13(4-3-7-16-15)14(19)17-10-8-11-5-6-12(9-10)18(11)23(2,20)21/h3-4,7,10-12H,5-6,8-9H2,1-2H3,(H,17,19)/t10?,11-,12+. The summed E-state index contributed by atoms with van der Waals surface area (Å²) in [4.78, 5) is 16.7. The lowest BCUT2D eigenvalue weighted by Crippen LogP contribution is -2.52. The Morgan fingerprint density at radius 1 is 1.35 bits per heavy atom. The van der Waals surface area contributed by atoms with E-state index in [0.717, 1.165) is 12.8 Å². The Bertz CT molecular complexity index is 694. The van der Waals surface area contributed by atoms with Crippen LogP contribution < -0.4 is 5.32 Å². The number of fused-ring (bicyclic) bond motifs is 2. The number of carbonyl (C=O) groups excluding carboxylic acids is 1. The molecule has 8 heteroatoms. The van der Waals surface area contributed by atoms with Crippen LogP contribution in [0, 0.1) is 0 Å². The van der Waals surface area contributed by atoms with Crippen LogP contribution in [0.1, 0.15) is 36.0 Å². The van der Waals surface area contributed by atoms with E-state index in [1.54, 1.807) is 22.6 Å². The molecule has 2 fully saturated rings. The molecule has 0 aromatic carbocycles. The van der Waals surface area contributed by atoms with Gasteiger partial charge in [0.25, 0.3) is 5.91 Å². The summed E-state index contributed by atoms with van der Waals surface area (Å²) in [6, 6.07) is 3.58. The fraction of sp³-hybridized carbons (Fsp3) is 0.600. The Kier molecular flexibility index (Phi) is 4.66. The monoisotopic (exact) mass is 355 g/mol. The van der Waals surface area contributed by atoms with E-state index < -0.39 is 10.0 Å². The highest BCUT2D eigenvalue weighted by Gasteiger charge is 2.45. The predicted molar refractivity (Wildman–Crippen MR) is 90.0 cm³/mol. The van der Waals surface area contributed by atoms with Gasteiger partial charge in [-0.1, -0.05) is 0 Å². The summed E-state index contributed by atoms with van der Waals surface area (Å²) in [5, 5.41) is 3.78. The van der Waals surface area contributed by atoms with Gasteiger partial charge in [-0.2, -0.15) is 4.31 Å². The van der Waals surface area contributed by atoms with Crippen molar-refractivity contribution < 1.29 is 13.2 Å². The molecule has 1 aromatic rings. The van der Waals surface area contributed by atoms with Gasteiger partial charge in [-0.3, -0.25) is 4.79 Å². The van der Waals surface area contributed by atoms with Gasteiger partial charge in [0.2, 0.25) is 10.0 Å². The van der Waals surface area contributed by atoms with Gasteiger partial charge in [-0.25, -0.2) is 13.4 Å². The molecule has 3 rings (SSSR count). The minimum atomic E-state index is -3.17. The first kappa shape index (κ1) is 16.7. The number of nitrogens with one attached hydrogen (secondary N) is 1. The summed E-state index contributed by atoms with van der Waals surface area (Å²) in [5.74, 6) is -0.125. The van der Waals surface area contributed by atoms with Crippen molar-refractivity contribution in [2.45, 2.75) is 48.8 Å². The zero-order valence-corrected chi connectivity index (χ0v) is 14.9. The second-order valence-corrected chi connectivity index (χ2v) is 8.86.